The van der Waals surface area contributed by atoms with Gasteiger partial charge in [-0.3, -0.25) is 0 Å². The Labute approximate surface area is 171 Å². The zero-order valence-electron chi connectivity index (χ0n) is 16.3. The summed E-state index contributed by atoms with van der Waals surface area (Å²) in [6.45, 7) is 1.94. The van der Waals surface area contributed by atoms with Gasteiger partial charge in [0.1, 0.15) is 0 Å². The van der Waals surface area contributed by atoms with Crippen LogP contribution in [0, 0.1) is 0 Å². The molecule has 0 aliphatic rings. The van der Waals surface area contributed by atoms with Crippen molar-refractivity contribution in [3.8, 4) is 0 Å². The topological polar surface area (TPSA) is 0 Å². The average molecular weight is 514 g/mol. The summed E-state index contributed by atoms with van der Waals surface area (Å²) < 4.78 is 216. The quantitative estimate of drug-likeness (QED) is 0.171. The molecule has 0 aromatic heterocycles. The van der Waals surface area contributed by atoms with Crippen molar-refractivity contribution in [3.63, 3.8) is 0 Å². The van der Waals surface area contributed by atoms with Gasteiger partial charge >= 0.3 is 47.4 Å². The van der Waals surface area contributed by atoms with Gasteiger partial charge in [0.2, 0.25) is 0 Å². The Bertz CT molecular complexity index is 622. The Morgan fingerprint density at radius 2 is 0.625 bits per heavy atom. The number of halogens is 16. The maximum Gasteiger partial charge on any atom is 0.384 e. The van der Waals surface area contributed by atoms with E-state index in [1.54, 1.807) is 0 Å². The Morgan fingerprint density at radius 3 is 0.906 bits per heavy atom. The van der Waals surface area contributed by atoms with Gasteiger partial charge in [-0.25, -0.2) is 0 Å². The molecule has 0 nitrogen and oxygen atoms in total. The van der Waals surface area contributed by atoms with Crippen LogP contribution in [-0.4, -0.2) is 47.4 Å². The van der Waals surface area contributed by atoms with E-state index in [9.17, 15) is 70.2 Å². The molecular formula is C16H18F16. The summed E-state index contributed by atoms with van der Waals surface area (Å²) in [6, 6.07) is 0. The van der Waals surface area contributed by atoms with Crippen LogP contribution in [0.15, 0.2) is 0 Å². The minimum absolute atomic E-state index is 0.0134. The minimum Gasteiger partial charge on any atom is -0.200 e. The lowest BCUT2D eigenvalue weighted by Crippen LogP contribution is -2.74. The molecule has 0 aliphatic carbocycles. The molecule has 16 heteroatoms. The van der Waals surface area contributed by atoms with Crippen molar-refractivity contribution in [2.45, 2.75) is 99.8 Å². The molecule has 0 spiro atoms. The molecule has 0 rings (SSSR count). The Balaban J connectivity index is 6.55. The third kappa shape index (κ3) is 4.34. The van der Waals surface area contributed by atoms with E-state index in [1.165, 1.54) is 6.92 Å². The monoisotopic (exact) mass is 514 g/mol. The van der Waals surface area contributed by atoms with Crippen molar-refractivity contribution >= 4 is 0 Å². The predicted octanol–water partition coefficient (Wildman–Crippen LogP) is 8.45. The molecule has 0 heterocycles. The normalized spacial score (nSPS) is 15.9. The standard InChI is InChI=1S/C16H18F16/c1-3-5-6-8-10(19,20)12(23,24)14(27,28)16(31,32)15(29,30)13(25,26)11(21,22)9(17,18)7-4-2/h3-8H2,1-2H3. The van der Waals surface area contributed by atoms with Crippen molar-refractivity contribution in [3.05, 3.63) is 0 Å². The van der Waals surface area contributed by atoms with Gasteiger partial charge in [-0.1, -0.05) is 33.1 Å². The fraction of sp³-hybridized carbons (Fsp3) is 1.00. The molecule has 194 valence electrons. The summed E-state index contributed by atoms with van der Waals surface area (Å²) >= 11 is 0. The van der Waals surface area contributed by atoms with Gasteiger partial charge in [-0.15, -0.1) is 0 Å². The molecule has 0 saturated heterocycles. The van der Waals surface area contributed by atoms with E-state index in [0.717, 1.165) is 0 Å². The second-order valence-corrected chi connectivity index (χ2v) is 7.06. The van der Waals surface area contributed by atoms with Gasteiger partial charge in [-0.2, -0.15) is 70.2 Å². The van der Waals surface area contributed by atoms with E-state index >= 15 is 0 Å². The highest BCUT2D eigenvalue weighted by molar-refractivity contribution is 5.15. The first kappa shape index (κ1) is 30.9. The van der Waals surface area contributed by atoms with Gasteiger partial charge in [0.05, 0.1) is 0 Å². The highest BCUT2D eigenvalue weighted by Gasteiger charge is 2.94. The van der Waals surface area contributed by atoms with Crippen LogP contribution >= 0.6 is 0 Å². The molecule has 0 saturated carbocycles. The third-order valence-corrected chi connectivity index (χ3v) is 4.55. The summed E-state index contributed by atoms with van der Waals surface area (Å²) in [7, 11) is 0. The lowest BCUT2D eigenvalue weighted by Gasteiger charge is -2.43. The first-order valence-electron chi connectivity index (χ1n) is 8.90. The lowest BCUT2D eigenvalue weighted by molar-refractivity contribution is -0.453. The number of unbranched alkanes of at least 4 members (excludes halogenated alkanes) is 2. The molecule has 0 aromatic rings. The second-order valence-electron chi connectivity index (χ2n) is 7.06. The first-order chi connectivity index (χ1) is 13.9. The SMILES string of the molecule is CCCCCC(F)(F)C(F)(F)C(F)(F)C(F)(F)C(F)(F)C(F)(F)C(F)(F)C(F)(F)CCC. The molecule has 32 heavy (non-hydrogen) atoms. The van der Waals surface area contributed by atoms with Gasteiger partial charge in [0.15, 0.2) is 0 Å². The summed E-state index contributed by atoms with van der Waals surface area (Å²) in [5.41, 5.74) is 0. The highest BCUT2D eigenvalue weighted by Crippen LogP contribution is 2.64. The van der Waals surface area contributed by atoms with Crippen LogP contribution < -0.4 is 0 Å². The Morgan fingerprint density at radius 1 is 0.344 bits per heavy atom. The maximum absolute atomic E-state index is 13.6. The lowest BCUT2D eigenvalue weighted by atomic mass is 9.86. The van der Waals surface area contributed by atoms with Crippen LogP contribution in [0.3, 0.4) is 0 Å². The summed E-state index contributed by atoms with van der Waals surface area (Å²) in [5.74, 6) is -60.1. The number of hydrogen-bond donors (Lipinski definition) is 0. The third-order valence-electron chi connectivity index (χ3n) is 4.55. The zero-order chi connectivity index (χ0) is 26.2. The van der Waals surface area contributed by atoms with Gasteiger partial charge in [0, 0.05) is 12.8 Å². The molecule has 0 amide bonds. The fourth-order valence-corrected chi connectivity index (χ4v) is 2.47. The average Bonchev–Trinajstić information content (AvgIpc) is 2.60. The van der Waals surface area contributed by atoms with Crippen molar-refractivity contribution in [1.82, 2.24) is 0 Å². The van der Waals surface area contributed by atoms with Crippen LogP contribution in [-0.2, 0) is 0 Å². The largest absolute Gasteiger partial charge is 0.384 e. The molecule has 0 atom stereocenters. The summed E-state index contributed by atoms with van der Waals surface area (Å²) in [5, 5.41) is 0. The van der Waals surface area contributed by atoms with Crippen LogP contribution in [0.25, 0.3) is 0 Å². The zero-order valence-corrected chi connectivity index (χ0v) is 16.3. The van der Waals surface area contributed by atoms with Gasteiger partial charge in [0.25, 0.3) is 0 Å². The van der Waals surface area contributed by atoms with Crippen LogP contribution in [0.5, 0.6) is 0 Å². The summed E-state index contributed by atoms with van der Waals surface area (Å²) in [4.78, 5) is 0. The Hall–Kier alpha value is -1.12. The number of rotatable bonds is 13. The molecule has 0 N–H and O–H groups in total. The van der Waals surface area contributed by atoms with Crippen LogP contribution in [0.2, 0.25) is 0 Å². The fourth-order valence-electron chi connectivity index (χ4n) is 2.47. The molecule has 0 radical (unpaired) electrons. The van der Waals surface area contributed by atoms with E-state index in [2.05, 4.69) is 0 Å². The van der Waals surface area contributed by atoms with Crippen molar-refractivity contribution < 1.29 is 70.2 Å². The first-order valence-corrected chi connectivity index (χ1v) is 8.90. The maximum atomic E-state index is 13.6. The molecular weight excluding hydrogens is 496 g/mol. The van der Waals surface area contributed by atoms with Gasteiger partial charge in [-0.05, 0) is 6.42 Å². The van der Waals surface area contributed by atoms with Crippen LogP contribution in [0.4, 0.5) is 70.2 Å². The van der Waals surface area contributed by atoms with Crippen molar-refractivity contribution in [1.29, 1.82) is 0 Å². The minimum atomic E-state index is -8.33. The highest BCUT2D eigenvalue weighted by atomic mass is 19.4. The predicted molar refractivity (Wildman–Crippen MR) is 78.6 cm³/mol. The van der Waals surface area contributed by atoms with E-state index in [-0.39, 0.29) is 12.8 Å². The van der Waals surface area contributed by atoms with Crippen molar-refractivity contribution in [2.24, 2.45) is 0 Å². The summed E-state index contributed by atoms with van der Waals surface area (Å²) in [6.07, 6.45) is -7.07. The van der Waals surface area contributed by atoms with E-state index in [0.29, 0.717) is 6.92 Å². The molecule has 0 fully saturated rings. The number of alkyl halides is 16. The van der Waals surface area contributed by atoms with E-state index < -0.39 is 73.1 Å². The van der Waals surface area contributed by atoms with E-state index in [4.69, 9.17) is 0 Å². The molecule has 0 aromatic carbocycles. The number of hydrogen-bond acceptors (Lipinski definition) is 0. The smallest absolute Gasteiger partial charge is 0.200 e. The van der Waals surface area contributed by atoms with Crippen molar-refractivity contribution in [2.75, 3.05) is 0 Å². The Kier molecular flexibility index (Phi) is 8.60. The second kappa shape index (κ2) is 8.91. The molecule has 0 bridgehead atoms. The molecule has 0 unspecified atom stereocenters. The van der Waals surface area contributed by atoms with Gasteiger partial charge < -0.3 is 0 Å². The van der Waals surface area contributed by atoms with Crippen LogP contribution in [0.1, 0.15) is 52.4 Å². The van der Waals surface area contributed by atoms with E-state index in [1.807, 2.05) is 0 Å². The molecule has 0 aliphatic heterocycles.